The average Bonchev–Trinajstić information content (AvgIpc) is 2.61. The lowest BCUT2D eigenvalue weighted by Crippen LogP contribution is -2.49. The number of fused-ring (bicyclic) bond motifs is 1. The summed E-state index contributed by atoms with van der Waals surface area (Å²) in [6, 6.07) is 15.2. The van der Waals surface area contributed by atoms with Crippen LogP contribution in [-0.4, -0.2) is 31.8 Å². The molecule has 1 amide bonds. The van der Waals surface area contributed by atoms with E-state index < -0.39 is 6.10 Å². The first kappa shape index (κ1) is 16.2. The highest BCUT2D eigenvalue weighted by molar-refractivity contribution is 5.82. The number of ether oxygens (including phenoxy) is 3. The van der Waals surface area contributed by atoms with Gasteiger partial charge in [-0.2, -0.15) is 0 Å². The molecule has 2 aromatic carbocycles. The number of benzene rings is 2. The number of methoxy groups -OCH3 is 1. The molecule has 0 aliphatic carbocycles. The van der Waals surface area contributed by atoms with Crippen molar-refractivity contribution in [2.75, 3.05) is 13.7 Å². The summed E-state index contributed by atoms with van der Waals surface area (Å²) in [7, 11) is 1.64. The van der Waals surface area contributed by atoms with E-state index in [0.717, 1.165) is 11.3 Å². The molecule has 5 heteroatoms. The Morgan fingerprint density at radius 1 is 1.08 bits per heavy atom. The molecule has 3 rings (SSSR count). The lowest BCUT2D eigenvalue weighted by Gasteiger charge is -2.31. The molecule has 1 heterocycles. The van der Waals surface area contributed by atoms with Gasteiger partial charge in [0.1, 0.15) is 11.9 Å². The molecule has 5 nitrogen and oxygen atoms in total. The summed E-state index contributed by atoms with van der Waals surface area (Å²) in [6.45, 7) is 2.34. The van der Waals surface area contributed by atoms with Gasteiger partial charge < -0.3 is 19.5 Å². The molecule has 1 aliphatic rings. The van der Waals surface area contributed by atoms with Crippen LogP contribution < -0.4 is 19.5 Å². The Balaban J connectivity index is 1.57. The second kappa shape index (κ2) is 7.25. The highest BCUT2D eigenvalue weighted by Gasteiger charge is 2.33. The van der Waals surface area contributed by atoms with Crippen LogP contribution in [-0.2, 0) is 11.2 Å². The zero-order valence-corrected chi connectivity index (χ0v) is 13.8. The van der Waals surface area contributed by atoms with E-state index in [4.69, 9.17) is 14.2 Å². The molecule has 2 atom stereocenters. The molecule has 24 heavy (non-hydrogen) atoms. The minimum Gasteiger partial charge on any atom is -0.496 e. The van der Waals surface area contributed by atoms with Gasteiger partial charge in [0.15, 0.2) is 11.5 Å². The van der Waals surface area contributed by atoms with Crippen LogP contribution in [0.4, 0.5) is 0 Å². The second-order valence-electron chi connectivity index (χ2n) is 5.66. The van der Waals surface area contributed by atoms with Gasteiger partial charge in [-0.25, -0.2) is 0 Å². The summed E-state index contributed by atoms with van der Waals surface area (Å²) in [5, 5.41) is 2.91. The maximum Gasteiger partial charge on any atom is 0.265 e. The standard InChI is InChI=1S/C19H21NO4/c1-13-18(24-17-10-6-5-9-16(17)23-13)19(21)20-12-11-14-7-3-4-8-15(14)22-2/h3-10,13,18H,11-12H2,1-2H3,(H,20,21). The van der Waals surface area contributed by atoms with Crippen LogP contribution in [0.3, 0.4) is 0 Å². The first-order chi connectivity index (χ1) is 11.7. The van der Waals surface area contributed by atoms with Crippen LogP contribution in [0.15, 0.2) is 48.5 Å². The van der Waals surface area contributed by atoms with Gasteiger partial charge in [-0.1, -0.05) is 30.3 Å². The predicted octanol–water partition coefficient (Wildman–Crippen LogP) is 2.58. The number of amides is 1. The van der Waals surface area contributed by atoms with Crippen LogP contribution in [0.1, 0.15) is 12.5 Å². The Bertz CT molecular complexity index is 716. The fraction of sp³-hybridized carbons (Fsp3) is 0.316. The number of hydrogen-bond donors (Lipinski definition) is 1. The van der Waals surface area contributed by atoms with Gasteiger partial charge in [-0.15, -0.1) is 0 Å². The lowest BCUT2D eigenvalue weighted by molar-refractivity contribution is -0.133. The van der Waals surface area contributed by atoms with Crippen LogP contribution in [0.2, 0.25) is 0 Å². The Kier molecular flexibility index (Phi) is 4.89. The Morgan fingerprint density at radius 3 is 2.50 bits per heavy atom. The molecule has 0 saturated heterocycles. The van der Waals surface area contributed by atoms with Crippen LogP contribution in [0, 0.1) is 0 Å². The Labute approximate surface area is 141 Å². The lowest BCUT2D eigenvalue weighted by atomic mass is 10.1. The highest BCUT2D eigenvalue weighted by Crippen LogP contribution is 2.33. The molecule has 0 spiro atoms. The van der Waals surface area contributed by atoms with Crippen molar-refractivity contribution in [2.24, 2.45) is 0 Å². The summed E-state index contributed by atoms with van der Waals surface area (Å²) in [4.78, 5) is 12.4. The molecular weight excluding hydrogens is 306 g/mol. The van der Waals surface area contributed by atoms with Crippen molar-refractivity contribution in [2.45, 2.75) is 25.6 Å². The molecule has 0 saturated carbocycles. The van der Waals surface area contributed by atoms with Crippen molar-refractivity contribution < 1.29 is 19.0 Å². The van der Waals surface area contributed by atoms with Crippen molar-refractivity contribution in [3.8, 4) is 17.2 Å². The normalized spacial score (nSPS) is 18.8. The van der Waals surface area contributed by atoms with Crippen molar-refractivity contribution in [1.82, 2.24) is 5.32 Å². The number of rotatable bonds is 5. The van der Waals surface area contributed by atoms with Gasteiger partial charge in [0.05, 0.1) is 7.11 Å². The number of carbonyl (C=O) groups is 1. The summed E-state index contributed by atoms with van der Waals surface area (Å²) < 4.78 is 16.9. The third kappa shape index (κ3) is 3.45. The zero-order chi connectivity index (χ0) is 16.9. The zero-order valence-electron chi connectivity index (χ0n) is 13.8. The van der Waals surface area contributed by atoms with Crippen molar-refractivity contribution in [1.29, 1.82) is 0 Å². The fourth-order valence-electron chi connectivity index (χ4n) is 2.74. The number of hydrogen-bond acceptors (Lipinski definition) is 4. The smallest absolute Gasteiger partial charge is 0.265 e. The van der Waals surface area contributed by atoms with E-state index in [1.165, 1.54) is 0 Å². The highest BCUT2D eigenvalue weighted by atomic mass is 16.6. The Morgan fingerprint density at radius 2 is 1.75 bits per heavy atom. The first-order valence-corrected chi connectivity index (χ1v) is 8.01. The van der Waals surface area contributed by atoms with E-state index in [1.54, 1.807) is 13.2 Å². The Hall–Kier alpha value is -2.69. The van der Waals surface area contributed by atoms with Gasteiger partial charge in [-0.3, -0.25) is 4.79 Å². The van der Waals surface area contributed by atoms with E-state index in [0.29, 0.717) is 24.5 Å². The predicted molar refractivity (Wildman–Crippen MR) is 90.7 cm³/mol. The third-order valence-corrected chi connectivity index (χ3v) is 3.99. The van der Waals surface area contributed by atoms with Crippen LogP contribution in [0.25, 0.3) is 0 Å². The summed E-state index contributed by atoms with van der Waals surface area (Å²) in [6.07, 6.45) is -0.308. The molecule has 0 bridgehead atoms. The van der Waals surface area contributed by atoms with Gasteiger partial charge in [0, 0.05) is 6.54 Å². The quantitative estimate of drug-likeness (QED) is 0.917. The molecular formula is C19H21NO4. The van der Waals surface area contributed by atoms with E-state index in [-0.39, 0.29) is 12.0 Å². The molecule has 2 unspecified atom stereocenters. The average molecular weight is 327 g/mol. The molecule has 0 radical (unpaired) electrons. The summed E-state index contributed by atoms with van der Waals surface area (Å²) >= 11 is 0. The van der Waals surface area contributed by atoms with E-state index in [2.05, 4.69) is 5.32 Å². The molecule has 0 fully saturated rings. The number of nitrogens with one attached hydrogen (secondary N) is 1. The SMILES string of the molecule is COc1ccccc1CCNC(=O)C1Oc2ccccc2OC1C. The maximum absolute atomic E-state index is 12.4. The largest absolute Gasteiger partial charge is 0.496 e. The second-order valence-corrected chi connectivity index (χ2v) is 5.66. The first-order valence-electron chi connectivity index (χ1n) is 8.01. The van der Waals surface area contributed by atoms with Gasteiger partial charge in [-0.05, 0) is 37.1 Å². The molecule has 0 aromatic heterocycles. The maximum atomic E-state index is 12.4. The molecule has 126 valence electrons. The van der Waals surface area contributed by atoms with Crippen molar-refractivity contribution >= 4 is 5.91 Å². The van der Waals surface area contributed by atoms with Crippen molar-refractivity contribution in [3.63, 3.8) is 0 Å². The monoisotopic (exact) mass is 327 g/mol. The molecule has 1 aliphatic heterocycles. The third-order valence-electron chi connectivity index (χ3n) is 3.99. The summed E-state index contributed by atoms with van der Waals surface area (Å²) in [5.41, 5.74) is 1.06. The van der Waals surface area contributed by atoms with Gasteiger partial charge in [0.2, 0.25) is 6.10 Å². The number of para-hydroxylation sites is 3. The molecule has 1 N–H and O–H groups in total. The van der Waals surface area contributed by atoms with Gasteiger partial charge in [0.25, 0.3) is 5.91 Å². The van der Waals surface area contributed by atoms with Crippen LogP contribution in [0.5, 0.6) is 17.2 Å². The minimum atomic E-state index is -0.655. The fourth-order valence-corrected chi connectivity index (χ4v) is 2.74. The summed E-state index contributed by atoms with van der Waals surface area (Å²) in [5.74, 6) is 1.92. The van der Waals surface area contributed by atoms with Crippen molar-refractivity contribution in [3.05, 3.63) is 54.1 Å². The topological polar surface area (TPSA) is 56.8 Å². The van der Waals surface area contributed by atoms with E-state index in [9.17, 15) is 4.79 Å². The molecule has 2 aromatic rings. The van der Waals surface area contributed by atoms with E-state index >= 15 is 0 Å². The number of carbonyl (C=O) groups excluding carboxylic acids is 1. The minimum absolute atomic E-state index is 0.174. The van der Waals surface area contributed by atoms with Crippen LogP contribution >= 0.6 is 0 Å². The van der Waals surface area contributed by atoms with Gasteiger partial charge >= 0.3 is 0 Å². The van der Waals surface area contributed by atoms with E-state index in [1.807, 2.05) is 49.4 Å².